The van der Waals surface area contributed by atoms with Crippen LogP contribution in [0.4, 0.5) is 18.0 Å². The molecule has 2 rings (SSSR count). The number of ether oxygens (including phenoxy) is 1. The molecule has 2 aromatic heterocycles. The van der Waals surface area contributed by atoms with Gasteiger partial charge in [0.1, 0.15) is 0 Å². The molecule has 6 nitrogen and oxygen atoms in total. The van der Waals surface area contributed by atoms with Gasteiger partial charge in [0, 0.05) is 24.2 Å². The number of pyridine rings is 1. The van der Waals surface area contributed by atoms with Crippen molar-refractivity contribution >= 4 is 29.5 Å². The number of alkyl halides is 3. The van der Waals surface area contributed by atoms with Gasteiger partial charge in [-0.15, -0.1) is 0 Å². The number of nitrogens with zero attached hydrogens (tertiary/aromatic N) is 3. The third-order valence-electron chi connectivity index (χ3n) is 3.19. The topological polar surface area (TPSA) is 74.1 Å². The lowest BCUT2D eigenvalue weighted by Gasteiger charge is -2.13. The molecule has 0 radical (unpaired) electrons. The first kappa shape index (κ1) is 20.2. The van der Waals surface area contributed by atoms with E-state index in [0.717, 1.165) is 11.8 Å². The van der Waals surface area contributed by atoms with E-state index in [-0.39, 0.29) is 18.4 Å². The van der Waals surface area contributed by atoms with E-state index in [1.807, 2.05) is 0 Å². The van der Waals surface area contributed by atoms with E-state index in [2.05, 4.69) is 9.97 Å². The van der Waals surface area contributed by atoms with Gasteiger partial charge in [0.05, 0.1) is 11.6 Å². The highest BCUT2D eigenvalue weighted by Gasteiger charge is 2.35. The summed E-state index contributed by atoms with van der Waals surface area (Å²) in [6.07, 6.45) is -2.99. The van der Waals surface area contributed by atoms with Crippen LogP contribution in [-0.4, -0.2) is 27.2 Å². The van der Waals surface area contributed by atoms with Crippen LogP contribution in [0.25, 0.3) is 0 Å². The van der Waals surface area contributed by atoms with Gasteiger partial charge < -0.3 is 4.74 Å². The molecule has 0 aliphatic carbocycles. The van der Waals surface area contributed by atoms with Crippen molar-refractivity contribution < 1.29 is 22.7 Å². The number of aromatic nitrogens is 3. The van der Waals surface area contributed by atoms with Crippen LogP contribution in [0.3, 0.4) is 0 Å². The molecule has 0 bridgehead atoms. The van der Waals surface area contributed by atoms with E-state index < -0.39 is 28.7 Å². The Morgan fingerprint density at radius 2 is 2.08 bits per heavy atom. The second-order valence-corrected chi connectivity index (χ2v) is 6.35. The SMILES string of the molecule is CCOC(=O)n1c(SCc2c(C)cncc2Cl)nc(C(F)(F)F)cc1=O. The molecule has 0 spiro atoms. The van der Waals surface area contributed by atoms with E-state index in [0.29, 0.717) is 20.7 Å². The van der Waals surface area contributed by atoms with Crippen LogP contribution in [0.15, 0.2) is 28.4 Å². The maximum absolute atomic E-state index is 13.0. The standard InChI is InChI=1S/C15H13ClF3N3O3S/c1-3-25-14(24)22-12(23)4-11(15(17,18)19)21-13(22)26-7-9-8(2)5-20-6-10(9)16/h4-6H,3,7H2,1-2H3. The number of rotatable bonds is 4. The zero-order chi connectivity index (χ0) is 19.5. The van der Waals surface area contributed by atoms with Crippen molar-refractivity contribution in [2.45, 2.75) is 30.9 Å². The first-order valence-corrected chi connectivity index (χ1v) is 8.61. The lowest BCUT2D eigenvalue weighted by Crippen LogP contribution is -2.31. The molecule has 0 saturated carbocycles. The van der Waals surface area contributed by atoms with E-state index >= 15 is 0 Å². The summed E-state index contributed by atoms with van der Waals surface area (Å²) in [4.78, 5) is 31.3. The molecule has 0 saturated heterocycles. The summed E-state index contributed by atoms with van der Waals surface area (Å²) in [6, 6.07) is 0.256. The van der Waals surface area contributed by atoms with Crippen LogP contribution in [-0.2, 0) is 16.7 Å². The van der Waals surface area contributed by atoms with Crippen molar-refractivity contribution in [3.8, 4) is 0 Å². The number of halogens is 4. The molecule has 0 aliphatic rings. The monoisotopic (exact) mass is 407 g/mol. The Morgan fingerprint density at radius 3 is 2.65 bits per heavy atom. The summed E-state index contributed by atoms with van der Waals surface area (Å²) in [7, 11) is 0. The molecule has 26 heavy (non-hydrogen) atoms. The molecule has 0 amide bonds. The van der Waals surface area contributed by atoms with Crippen LogP contribution < -0.4 is 5.56 Å². The highest BCUT2D eigenvalue weighted by molar-refractivity contribution is 7.98. The third kappa shape index (κ3) is 4.55. The molecule has 0 unspecified atom stereocenters. The van der Waals surface area contributed by atoms with Crippen molar-refractivity contribution in [2.75, 3.05) is 6.61 Å². The van der Waals surface area contributed by atoms with Gasteiger partial charge in [0.25, 0.3) is 5.56 Å². The van der Waals surface area contributed by atoms with Crippen molar-refractivity contribution in [1.82, 2.24) is 14.5 Å². The Bertz CT molecular complexity index is 866. The summed E-state index contributed by atoms with van der Waals surface area (Å²) < 4.78 is 44.1. The summed E-state index contributed by atoms with van der Waals surface area (Å²) in [6.45, 7) is 3.19. The fraction of sp³-hybridized carbons (Fsp3) is 0.333. The van der Waals surface area contributed by atoms with Crippen molar-refractivity contribution in [2.24, 2.45) is 0 Å². The van der Waals surface area contributed by atoms with Crippen LogP contribution in [0.5, 0.6) is 0 Å². The molecule has 0 aliphatic heterocycles. The molecule has 0 N–H and O–H groups in total. The minimum atomic E-state index is -4.83. The molecule has 0 fully saturated rings. The summed E-state index contributed by atoms with van der Waals surface area (Å²) in [5, 5.41) is -0.120. The van der Waals surface area contributed by atoms with Gasteiger partial charge in [-0.25, -0.2) is 9.78 Å². The smallest absolute Gasteiger partial charge is 0.433 e. The fourth-order valence-corrected chi connectivity index (χ4v) is 3.40. The highest BCUT2D eigenvalue weighted by atomic mass is 35.5. The van der Waals surface area contributed by atoms with E-state index in [1.165, 1.54) is 13.1 Å². The minimum absolute atomic E-state index is 0.0499. The number of aryl methyl sites for hydroxylation is 1. The van der Waals surface area contributed by atoms with Crippen LogP contribution in [0.1, 0.15) is 23.7 Å². The van der Waals surface area contributed by atoms with Gasteiger partial charge in [-0.1, -0.05) is 23.4 Å². The predicted molar refractivity (Wildman–Crippen MR) is 89.5 cm³/mol. The number of carbonyl (C=O) groups is 1. The van der Waals surface area contributed by atoms with E-state index in [1.54, 1.807) is 13.1 Å². The van der Waals surface area contributed by atoms with Crippen molar-refractivity contribution in [1.29, 1.82) is 0 Å². The Morgan fingerprint density at radius 1 is 1.38 bits per heavy atom. The Kier molecular flexibility index (Phi) is 6.30. The Labute approximate surface area is 155 Å². The highest BCUT2D eigenvalue weighted by Crippen LogP contribution is 2.31. The predicted octanol–water partition coefficient (Wildman–Crippen LogP) is 3.92. The quantitative estimate of drug-likeness (QED) is 0.565. The second-order valence-electron chi connectivity index (χ2n) is 5.00. The van der Waals surface area contributed by atoms with Gasteiger partial charge in [-0.05, 0) is 25.0 Å². The third-order valence-corrected chi connectivity index (χ3v) is 4.49. The van der Waals surface area contributed by atoms with Crippen LogP contribution in [0.2, 0.25) is 5.02 Å². The maximum Gasteiger partial charge on any atom is 0.433 e. The summed E-state index contributed by atoms with van der Waals surface area (Å²) in [5.41, 5.74) is -1.25. The van der Waals surface area contributed by atoms with Gasteiger partial charge >= 0.3 is 12.3 Å². The number of carbonyl (C=O) groups excluding carboxylic acids is 1. The van der Waals surface area contributed by atoms with Gasteiger partial charge in [0.2, 0.25) is 0 Å². The zero-order valence-corrected chi connectivity index (χ0v) is 15.2. The lowest BCUT2D eigenvalue weighted by molar-refractivity contribution is -0.141. The Balaban J connectivity index is 2.48. The molecule has 0 aromatic carbocycles. The molecule has 0 atom stereocenters. The molecular formula is C15H13ClF3N3O3S. The maximum atomic E-state index is 13.0. The average Bonchev–Trinajstić information content (AvgIpc) is 2.53. The van der Waals surface area contributed by atoms with E-state index in [9.17, 15) is 22.8 Å². The number of hydrogen-bond donors (Lipinski definition) is 0. The normalized spacial score (nSPS) is 11.5. The largest absolute Gasteiger partial charge is 0.449 e. The average molecular weight is 408 g/mol. The van der Waals surface area contributed by atoms with Gasteiger partial charge in [-0.2, -0.15) is 17.7 Å². The van der Waals surface area contributed by atoms with Crippen LogP contribution in [0, 0.1) is 6.92 Å². The second kappa shape index (κ2) is 8.09. The van der Waals surface area contributed by atoms with Crippen molar-refractivity contribution in [3.05, 3.63) is 50.7 Å². The number of hydrogen-bond acceptors (Lipinski definition) is 6. The first-order valence-electron chi connectivity index (χ1n) is 7.25. The van der Waals surface area contributed by atoms with Gasteiger partial charge in [0.15, 0.2) is 10.9 Å². The summed E-state index contributed by atoms with van der Waals surface area (Å²) >= 11 is 6.81. The lowest BCUT2D eigenvalue weighted by atomic mass is 10.2. The molecule has 140 valence electrons. The molecule has 2 aromatic rings. The molecule has 2 heterocycles. The Hall–Kier alpha value is -2.07. The number of thioether (sulfide) groups is 1. The van der Waals surface area contributed by atoms with Crippen LogP contribution >= 0.6 is 23.4 Å². The summed E-state index contributed by atoms with van der Waals surface area (Å²) in [5.74, 6) is 0.0837. The van der Waals surface area contributed by atoms with Gasteiger partial charge in [-0.3, -0.25) is 9.78 Å². The molecule has 11 heteroatoms. The zero-order valence-electron chi connectivity index (χ0n) is 13.6. The minimum Gasteiger partial charge on any atom is -0.449 e. The fourth-order valence-electron chi connectivity index (χ4n) is 1.94. The van der Waals surface area contributed by atoms with Crippen molar-refractivity contribution in [3.63, 3.8) is 0 Å². The van der Waals surface area contributed by atoms with E-state index in [4.69, 9.17) is 16.3 Å². The molecular weight excluding hydrogens is 395 g/mol. The first-order chi connectivity index (χ1) is 12.1.